The summed E-state index contributed by atoms with van der Waals surface area (Å²) in [6.07, 6.45) is 1.89. The minimum absolute atomic E-state index is 0. The fourth-order valence-electron chi connectivity index (χ4n) is 0.810. The van der Waals surface area contributed by atoms with Crippen molar-refractivity contribution in [1.82, 2.24) is 4.37 Å². The van der Waals surface area contributed by atoms with E-state index in [1.165, 1.54) is 21.6 Å². The summed E-state index contributed by atoms with van der Waals surface area (Å²) in [5.41, 5.74) is 0. The zero-order valence-corrected chi connectivity index (χ0v) is 6.80. The molecular formula is C7H5CuNS. The first-order chi connectivity index (χ1) is 4.47. The van der Waals surface area contributed by atoms with Gasteiger partial charge in [-0.2, -0.15) is 4.37 Å². The first-order valence-corrected chi connectivity index (χ1v) is 3.53. The molecule has 0 aliphatic carbocycles. The molecule has 2 rings (SSSR count). The minimum atomic E-state index is 0. The summed E-state index contributed by atoms with van der Waals surface area (Å²) in [5.74, 6) is 0. The molecule has 1 heterocycles. The van der Waals surface area contributed by atoms with Gasteiger partial charge in [-0.05, 0) is 17.6 Å². The number of nitrogens with zero attached hydrogens (tertiary/aromatic N) is 1. The number of rotatable bonds is 0. The van der Waals surface area contributed by atoms with E-state index in [2.05, 4.69) is 16.5 Å². The summed E-state index contributed by atoms with van der Waals surface area (Å²) in [7, 11) is 0. The number of hydrogen-bond acceptors (Lipinski definition) is 2. The van der Waals surface area contributed by atoms with Crippen LogP contribution in [0.4, 0.5) is 0 Å². The molecule has 3 heteroatoms. The van der Waals surface area contributed by atoms with Crippen molar-refractivity contribution in [3.63, 3.8) is 0 Å². The van der Waals surface area contributed by atoms with Crippen LogP contribution >= 0.6 is 11.5 Å². The third kappa shape index (κ3) is 1.21. The summed E-state index contributed by atoms with van der Waals surface area (Å²) < 4.78 is 5.30. The Labute approximate surface area is 73.7 Å². The van der Waals surface area contributed by atoms with E-state index in [1.807, 2.05) is 18.3 Å². The molecule has 0 saturated carbocycles. The van der Waals surface area contributed by atoms with Crippen molar-refractivity contribution in [3.05, 3.63) is 30.5 Å². The summed E-state index contributed by atoms with van der Waals surface area (Å²) in [5, 5.41) is 1.24. The molecule has 0 spiro atoms. The van der Waals surface area contributed by atoms with E-state index in [9.17, 15) is 0 Å². The van der Waals surface area contributed by atoms with Crippen molar-refractivity contribution < 1.29 is 17.1 Å². The second-order valence-electron chi connectivity index (χ2n) is 1.86. The van der Waals surface area contributed by atoms with Crippen LogP contribution in [-0.4, -0.2) is 4.37 Å². The second kappa shape index (κ2) is 3.15. The predicted octanol–water partition coefficient (Wildman–Crippen LogP) is 2.29. The van der Waals surface area contributed by atoms with E-state index in [0.717, 1.165) is 0 Å². The van der Waals surface area contributed by atoms with Crippen molar-refractivity contribution in [3.8, 4) is 0 Å². The van der Waals surface area contributed by atoms with Crippen molar-refractivity contribution in [2.75, 3.05) is 0 Å². The van der Waals surface area contributed by atoms with Crippen LogP contribution in [0.3, 0.4) is 0 Å². The average molecular weight is 199 g/mol. The van der Waals surface area contributed by atoms with E-state index in [4.69, 9.17) is 0 Å². The van der Waals surface area contributed by atoms with Gasteiger partial charge in [-0.25, -0.2) is 0 Å². The molecule has 0 saturated heterocycles. The van der Waals surface area contributed by atoms with Crippen LogP contribution in [0.2, 0.25) is 0 Å². The molecule has 10 heavy (non-hydrogen) atoms. The first-order valence-electron chi connectivity index (χ1n) is 2.76. The van der Waals surface area contributed by atoms with Crippen molar-refractivity contribution in [1.29, 1.82) is 0 Å². The Bertz CT molecular complexity index is 288. The SMILES string of the molecule is [Cu].c1ccc2sncc2c1. The van der Waals surface area contributed by atoms with Gasteiger partial charge in [0.05, 0.1) is 4.70 Å². The smallest absolute Gasteiger partial charge is 0.0549 e. The van der Waals surface area contributed by atoms with Gasteiger partial charge >= 0.3 is 0 Å². The number of aromatic nitrogens is 1. The van der Waals surface area contributed by atoms with Gasteiger partial charge in [0.25, 0.3) is 0 Å². The molecule has 0 atom stereocenters. The van der Waals surface area contributed by atoms with Crippen molar-refractivity contribution in [2.45, 2.75) is 0 Å². The fraction of sp³-hybridized carbons (Fsp3) is 0. The molecule has 1 aromatic heterocycles. The Balaban J connectivity index is 0.000000500. The zero-order valence-electron chi connectivity index (χ0n) is 5.04. The second-order valence-corrected chi connectivity index (χ2v) is 2.70. The Morgan fingerprint density at radius 2 is 2.00 bits per heavy atom. The first kappa shape index (κ1) is 7.73. The van der Waals surface area contributed by atoms with Crippen LogP contribution in [0.15, 0.2) is 30.5 Å². The molecular weight excluding hydrogens is 194 g/mol. The largest absolute Gasteiger partial charge is 0.200 e. The molecule has 1 aromatic carbocycles. The molecule has 0 bridgehead atoms. The molecule has 0 N–H and O–H groups in total. The standard InChI is InChI=1S/C7H5NS.Cu/c1-2-4-7-6(3-1)5-8-9-7;/h1-5H;. The number of hydrogen-bond donors (Lipinski definition) is 0. The van der Waals surface area contributed by atoms with Crippen LogP contribution < -0.4 is 0 Å². The maximum absolute atomic E-state index is 4.04. The van der Waals surface area contributed by atoms with Crippen molar-refractivity contribution in [2.24, 2.45) is 0 Å². The van der Waals surface area contributed by atoms with E-state index in [-0.39, 0.29) is 17.1 Å². The fourth-order valence-corrected chi connectivity index (χ4v) is 1.46. The molecule has 0 aliphatic heterocycles. The predicted molar refractivity (Wildman–Crippen MR) is 39.6 cm³/mol. The summed E-state index contributed by atoms with van der Waals surface area (Å²) in [4.78, 5) is 0. The molecule has 0 unspecified atom stereocenters. The molecule has 1 radical (unpaired) electrons. The summed E-state index contributed by atoms with van der Waals surface area (Å²) in [6, 6.07) is 8.20. The Hall–Kier alpha value is -0.371. The third-order valence-corrected chi connectivity index (χ3v) is 2.04. The van der Waals surface area contributed by atoms with Gasteiger partial charge in [0.15, 0.2) is 0 Å². The van der Waals surface area contributed by atoms with Gasteiger partial charge in [-0.3, -0.25) is 0 Å². The Kier molecular flexibility index (Phi) is 2.44. The van der Waals surface area contributed by atoms with Crippen LogP contribution in [0.5, 0.6) is 0 Å². The van der Waals surface area contributed by atoms with Gasteiger partial charge in [0.1, 0.15) is 0 Å². The summed E-state index contributed by atoms with van der Waals surface area (Å²) >= 11 is 1.54. The molecule has 0 aliphatic rings. The topological polar surface area (TPSA) is 12.9 Å². The van der Waals surface area contributed by atoms with E-state index in [0.29, 0.717) is 0 Å². The Morgan fingerprint density at radius 1 is 1.20 bits per heavy atom. The van der Waals surface area contributed by atoms with Gasteiger partial charge in [-0.1, -0.05) is 18.2 Å². The average Bonchev–Trinajstić information content (AvgIpc) is 2.33. The van der Waals surface area contributed by atoms with Crippen LogP contribution in [0.1, 0.15) is 0 Å². The molecule has 0 amide bonds. The van der Waals surface area contributed by atoms with Crippen LogP contribution in [0, 0.1) is 0 Å². The van der Waals surface area contributed by atoms with E-state index in [1.54, 1.807) is 0 Å². The molecule has 1 nitrogen and oxygen atoms in total. The maximum Gasteiger partial charge on any atom is 0.0549 e. The normalized spacial score (nSPS) is 9.20. The number of fused-ring (bicyclic) bond motifs is 1. The maximum atomic E-state index is 4.04. The minimum Gasteiger partial charge on any atom is -0.200 e. The van der Waals surface area contributed by atoms with Crippen molar-refractivity contribution >= 4 is 21.6 Å². The van der Waals surface area contributed by atoms with Crippen LogP contribution in [-0.2, 0) is 17.1 Å². The third-order valence-electron chi connectivity index (χ3n) is 1.26. The van der Waals surface area contributed by atoms with E-state index < -0.39 is 0 Å². The number of benzene rings is 1. The van der Waals surface area contributed by atoms with Gasteiger partial charge in [0, 0.05) is 28.7 Å². The van der Waals surface area contributed by atoms with Gasteiger partial charge in [0.2, 0.25) is 0 Å². The quantitative estimate of drug-likeness (QED) is 0.592. The van der Waals surface area contributed by atoms with E-state index >= 15 is 0 Å². The molecule has 2 aromatic rings. The molecule has 0 fully saturated rings. The van der Waals surface area contributed by atoms with Gasteiger partial charge in [-0.15, -0.1) is 0 Å². The molecule has 55 valence electrons. The van der Waals surface area contributed by atoms with Crippen LogP contribution in [0.25, 0.3) is 10.1 Å². The monoisotopic (exact) mass is 198 g/mol. The summed E-state index contributed by atoms with van der Waals surface area (Å²) in [6.45, 7) is 0. The Morgan fingerprint density at radius 3 is 2.80 bits per heavy atom. The zero-order chi connectivity index (χ0) is 6.10. The van der Waals surface area contributed by atoms with Gasteiger partial charge < -0.3 is 0 Å².